The van der Waals surface area contributed by atoms with Gasteiger partial charge in [-0.05, 0) is 41.1 Å². The number of anilines is 1. The summed E-state index contributed by atoms with van der Waals surface area (Å²) in [5.41, 5.74) is 6.59. The summed E-state index contributed by atoms with van der Waals surface area (Å²) in [5, 5.41) is 11.1. The number of fused-ring (bicyclic) bond motifs is 2. The molecule has 1 heterocycles. The first-order chi connectivity index (χ1) is 16.9. The summed E-state index contributed by atoms with van der Waals surface area (Å²) in [4.78, 5) is 27.4. The summed E-state index contributed by atoms with van der Waals surface area (Å²) in [6.07, 6.45) is 0. The summed E-state index contributed by atoms with van der Waals surface area (Å²) in [6, 6.07) is 23.6. The second kappa shape index (κ2) is 9.96. The number of hydrogen-bond donors (Lipinski definition) is 2. The second-order valence-electron chi connectivity index (χ2n) is 7.42. The van der Waals surface area contributed by atoms with Gasteiger partial charge in [0.25, 0.3) is 0 Å². The number of carboxylic acid groups (broad SMARTS) is 1. The number of carboxylic acids is 1. The molecule has 0 radical (unpaired) electrons. The number of methoxy groups -OCH3 is 2. The van der Waals surface area contributed by atoms with Gasteiger partial charge in [-0.1, -0.05) is 48.5 Å². The van der Waals surface area contributed by atoms with Gasteiger partial charge in [-0.3, -0.25) is 0 Å². The van der Waals surface area contributed by atoms with Crippen molar-refractivity contribution in [3.63, 3.8) is 0 Å². The Bertz CT molecular complexity index is 1590. The van der Waals surface area contributed by atoms with Crippen molar-refractivity contribution in [3.05, 3.63) is 94.8 Å². The Morgan fingerprint density at radius 2 is 1.49 bits per heavy atom. The van der Waals surface area contributed by atoms with E-state index in [-0.39, 0.29) is 11.3 Å². The van der Waals surface area contributed by atoms with E-state index in [1.165, 1.54) is 13.2 Å². The number of aromatic carboxylic acids is 1. The minimum Gasteiger partial charge on any atom is -0.495 e. The lowest BCUT2D eigenvalue weighted by atomic mass is 10.0. The zero-order chi connectivity index (χ0) is 24.9. The van der Waals surface area contributed by atoms with E-state index in [1.54, 1.807) is 37.4 Å². The van der Waals surface area contributed by atoms with Crippen LogP contribution in [0.15, 0.2) is 88.1 Å². The minimum atomic E-state index is -1.05. The molecule has 8 nitrogen and oxygen atoms in total. The fourth-order valence-corrected chi connectivity index (χ4v) is 3.67. The molecule has 0 atom stereocenters. The lowest BCUT2D eigenvalue weighted by molar-refractivity contribution is 0.0697. The Hall–Kier alpha value is -4.85. The van der Waals surface area contributed by atoms with Gasteiger partial charge >= 0.3 is 11.6 Å². The minimum absolute atomic E-state index is 0.0642. The average Bonchev–Trinajstić information content (AvgIpc) is 2.88. The highest BCUT2D eigenvalue weighted by Gasteiger charge is 2.14. The molecule has 0 aliphatic rings. The van der Waals surface area contributed by atoms with Crippen LogP contribution in [-0.4, -0.2) is 30.3 Å². The largest absolute Gasteiger partial charge is 0.495 e. The first kappa shape index (κ1) is 23.3. The summed E-state index contributed by atoms with van der Waals surface area (Å²) in [6.45, 7) is 0. The van der Waals surface area contributed by atoms with E-state index in [4.69, 9.17) is 24.7 Å². The zero-order valence-corrected chi connectivity index (χ0v) is 19.0. The van der Waals surface area contributed by atoms with Gasteiger partial charge in [-0.15, -0.1) is 0 Å². The first-order valence-electron chi connectivity index (χ1n) is 10.6. The van der Waals surface area contributed by atoms with Crippen LogP contribution >= 0.6 is 0 Å². The van der Waals surface area contributed by atoms with Gasteiger partial charge in [0.1, 0.15) is 17.0 Å². The van der Waals surface area contributed by atoms with Crippen LogP contribution < -0.4 is 20.8 Å². The molecule has 0 bridgehead atoms. The zero-order valence-electron chi connectivity index (χ0n) is 19.0. The summed E-state index contributed by atoms with van der Waals surface area (Å²) in [5.74, 6) is 0.182. The lowest BCUT2D eigenvalue weighted by Gasteiger charge is -2.07. The maximum Gasteiger partial charge on any atom is 0.347 e. The highest BCUT2D eigenvalue weighted by atomic mass is 16.5. The number of rotatable bonds is 4. The standard InChI is InChI=1S/C19H13NO3.C8H9NO3/c1-22-16-11-5-10-15-17(16)20-18(23-19(15)21)14-9-4-7-12-6-2-3-8-13(12)14;1-12-6-4-2-3-5(7(6)9)8(10)11/h2-11H,1H3;2-4H,9H2,1H3,(H,10,11). The average molecular weight is 470 g/mol. The van der Waals surface area contributed by atoms with E-state index in [0.717, 1.165) is 16.3 Å². The Morgan fingerprint density at radius 3 is 2.23 bits per heavy atom. The Kier molecular flexibility index (Phi) is 6.64. The van der Waals surface area contributed by atoms with Gasteiger partial charge in [0, 0.05) is 5.56 Å². The number of para-hydroxylation sites is 2. The number of nitrogen functional groups attached to an aromatic ring is 1. The Morgan fingerprint density at radius 1 is 0.857 bits per heavy atom. The summed E-state index contributed by atoms with van der Waals surface area (Å²) in [7, 11) is 3.00. The Labute approximate surface area is 200 Å². The molecule has 0 spiro atoms. The van der Waals surface area contributed by atoms with E-state index in [2.05, 4.69) is 4.98 Å². The maximum absolute atomic E-state index is 12.3. The fourth-order valence-electron chi connectivity index (χ4n) is 3.67. The van der Waals surface area contributed by atoms with Crippen molar-refractivity contribution in [2.45, 2.75) is 0 Å². The fraction of sp³-hybridized carbons (Fsp3) is 0.0741. The highest BCUT2D eigenvalue weighted by Crippen LogP contribution is 2.29. The smallest absolute Gasteiger partial charge is 0.347 e. The number of nitrogens with zero attached hydrogens (tertiary/aromatic N) is 1. The van der Waals surface area contributed by atoms with Crippen molar-refractivity contribution in [1.29, 1.82) is 0 Å². The number of hydrogen-bond acceptors (Lipinski definition) is 7. The number of benzene rings is 4. The molecule has 0 unspecified atom stereocenters. The van der Waals surface area contributed by atoms with E-state index in [9.17, 15) is 9.59 Å². The van der Waals surface area contributed by atoms with Crippen LogP contribution in [0.5, 0.6) is 11.5 Å². The molecule has 5 aromatic rings. The second-order valence-corrected chi connectivity index (χ2v) is 7.42. The molecular formula is C27H22N2O6. The van der Waals surface area contributed by atoms with Crippen molar-refractivity contribution in [2.24, 2.45) is 0 Å². The molecule has 0 fully saturated rings. The Balaban J connectivity index is 0.000000204. The molecule has 176 valence electrons. The molecule has 8 heteroatoms. The normalized spacial score (nSPS) is 10.5. The maximum atomic E-state index is 12.3. The molecule has 0 aliphatic heterocycles. The van der Waals surface area contributed by atoms with E-state index < -0.39 is 11.6 Å². The molecule has 4 aromatic carbocycles. The van der Waals surface area contributed by atoms with Gasteiger partial charge in [0.05, 0.1) is 30.9 Å². The third-order valence-corrected chi connectivity index (χ3v) is 5.38. The van der Waals surface area contributed by atoms with Gasteiger partial charge in [-0.2, -0.15) is 0 Å². The third kappa shape index (κ3) is 4.63. The van der Waals surface area contributed by atoms with Crippen molar-refractivity contribution < 1.29 is 23.8 Å². The van der Waals surface area contributed by atoms with Crippen LogP contribution in [0.1, 0.15) is 10.4 Å². The van der Waals surface area contributed by atoms with Gasteiger partial charge in [0.15, 0.2) is 0 Å². The third-order valence-electron chi connectivity index (χ3n) is 5.38. The molecule has 0 aliphatic carbocycles. The quantitative estimate of drug-likeness (QED) is 0.352. The molecule has 35 heavy (non-hydrogen) atoms. The number of nitrogens with two attached hydrogens (primary N) is 1. The van der Waals surface area contributed by atoms with Crippen LogP contribution in [0.3, 0.4) is 0 Å². The van der Waals surface area contributed by atoms with Crippen molar-refractivity contribution in [3.8, 4) is 23.0 Å². The lowest BCUT2D eigenvalue weighted by Crippen LogP contribution is -2.04. The number of ether oxygens (including phenoxy) is 2. The van der Waals surface area contributed by atoms with Crippen molar-refractivity contribution >= 4 is 33.3 Å². The van der Waals surface area contributed by atoms with Crippen LogP contribution in [0.25, 0.3) is 33.1 Å². The van der Waals surface area contributed by atoms with Crippen LogP contribution in [0.4, 0.5) is 5.69 Å². The predicted octanol–water partition coefficient (Wildman–Crippen LogP) is 4.99. The van der Waals surface area contributed by atoms with Crippen LogP contribution in [-0.2, 0) is 0 Å². The van der Waals surface area contributed by atoms with Crippen molar-refractivity contribution in [1.82, 2.24) is 4.98 Å². The molecule has 3 N–H and O–H groups in total. The van der Waals surface area contributed by atoms with Crippen molar-refractivity contribution in [2.75, 3.05) is 20.0 Å². The van der Waals surface area contributed by atoms with Gasteiger partial charge < -0.3 is 24.7 Å². The number of aromatic nitrogens is 1. The predicted molar refractivity (Wildman–Crippen MR) is 134 cm³/mol. The van der Waals surface area contributed by atoms with E-state index >= 15 is 0 Å². The molecule has 0 saturated carbocycles. The summed E-state index contributed by atoms with van der Waals surface area (Å²) < 4.78 is 15.6. The van der Waals surface area contributed by atoms with E-state index in [0.29, 0.717) is 28.3 Å². The SMILES string of the molecule is COc1cccc(C(=O)O)c1N.COc1cccc2c(=O)oc(-c3cccc4ccccc34)nc12. The molecule has 5 rings (SSSR count). The van der Waals surface area contributed by atoms with E-state index in [1.807, 2.05) is 42.5 Å². The molecular weight excluding hydrogens is 448 g/mol. The molecule has 0 saturated heterocycles. The monoisotopic (exact) mass is 470 g/mol. The van der Waals surface area contributed by atoms with Crippen LogP contribution in [0, 0.1) is 0 Å². The highest BCUT2D eigenvalue weighted by molar-refractivity contribution is 5.96. The van der Waals surface area contributed by atoms with Gasteiger partial charge in [0.2, 0.25) is 5.89 Å². The molecule has 0 amide bonds. The summed E-state index contributed by atoms with van der Waals surface area (Å²) >= 11 is 0. The van der Waals surface area contributed by atoms with Gasteiger partial charge in [-0.25, -0.2) is 14.6 Å². The first-order valence-corrected chi connectivity index (χ1v) is 10.6. The number of carbonyl (C=O) groups is 1. The molecule has 1 aromatic heterocycles. The topological polar surface area (TPSA) is 125 Å². The van der Waals surface area contributed by atoms with Crippen LogP contribution in [0.2, 0.25) is 0 Å².